The summed E-state index contributed by atoms with van der Waals surface area (Å²) in [7, 11) is 1.56. The molecular weight excluding hydrogens is 363 g/mol. The Balaban J connectivity index is 1.68. The van der Waals surface area contributed by atoms with Crippen LogP contribution in [0, 0.1) is 5.82 Å². The van der Waals surface area contributed by atoms with Crippen molar-refractivity contribution in [3.63, 3.8) is 0 Å². The smallest absolute Gasteiger partial charge is 0.249 e. The van der Waals surface area contributed by atoms with Gasteiger partial charge in [0.05, 0.1) is 19.7 Å². The van der Waals surface area contributed by atoms with Crippen molar-refractivity contribution in [1.29, 1.82) is 0 Å². The topological polar surface area (TPSA) is 85.2 Å². The Morgan fingerprint density at radius 2 is 1.96 bits per heavy atom. The summed E-state index contributed by atoms with van der Waals surface area (Å²) >= 11 is 0. The van der Waals surface area contributed by atoms with Gasteiger partial charge in [-0.3, -0.25) is 9.59 Å². The first-order valence-corrected chi connectivity index (χ1v) is 8.64. The van der Waals surface area contributed by atoms with Gasteiger partial charge in [0.25, 0.3) is 0 Å². The van der Waals surface area contributed by atoms with Gasteiger partial charge in [-0.2, -0.15) is 5.10 Å². The minimum absolute atomic E-state index is 0.0485. The van der Waals surface area contributed by atoms with Crippen molar-refractivity contribution in [2.24, 2.45) is 0 Å². The first-order chi connectivity index (χ1) is 13.6. The van der Waals surface area contributed by atoms with Crippen molar-refractivity contribution in [1.82, 2.24) is 9.78 Å². The first-order valence-electron chi connectivity index (χ1n) is 8.64. The van der Waals surface area contributed by atoms with Crippen LogP contribution in [0.1, 0.15) is 12.5 Å². The molecule has 0 spiro atoms. The Morgan fingerprint density at radius 1 is 1.21 bits per heavy atom. The molecule has 2 heterocycles. The molecule has 8 heteroatoms. The van der Waals surface area contributed by atoms with Gasteiger partial charge in [0.15, 0.2) is 0 Å². The van der Waals surface area contributed by atoms with Crippen LogP contribution in [0.3, 0.4) is 0 Å². The summed E-state index contributed by atoms with van der Waals surface area (Å²) in [4.78, 5) is 25.0. The van der Waals surface area contributed by atoms with E-state index in [1.807, 2.05) is 24.3 Å². The minimum Gasteiger partial charge on any atom is -0.496 e. The number of ether oxygens (including phenoxy) is 1. The molecule has 2 aromatic carbocycles. The SMILES string of the molecule is COc1ccccc1-c1cnn2c1NC(=O)C[C@H]2C(=O)Nc1ccc(F)cc1. The summed E-state index contributed by atoms with van der Waals surface area (Å²) in [5.41, 5.74) is 1.85. The van der Waals surface area contributed by atoms with Crippen molar-refractivity contribution in [2.45, 2.75) is 12.5 Å². The van der Waals surface area contributed by atoms with Crippen molar-refractivity contribution in [3.8, 4) is 16.9 Å². The van der Waals surface area contributed by atoms with Crippen molar-refractivity contribution < 1.29 is 18.7 Å². The summed E-state index contributed by atoms with van der Waals surface area (Å²) in [6.45, 7) is 0. The van der Waals surface area contributed by atoms with E-state index in [9.17, 15) is 14.0 Å². The van der Waals surface area contributed by atoms with Gasteiger partial charge < -0.3 is 15.4 Å². The Bertz CT molecular complexity index is 1050. The van der Waals surface area contributed by atoms with Gasteiger partial charge in [-0.25, -0.2) is 9.07 Å². The molecule has 1 aromatic heterocycles. The van der Waals surface area contributed by atoms with E-state index in [2.05, 4.69) is 15.7 Å². The van der Waals surface area contributed by atoms with Gasteiger partial charge in [0.1, 0.15) is 23.4 Å². The molecule has 1 aliphatic rings. The number of carbonyl (C=O) groups excluding carboxylic acids is 2. The molecule has 7 nitrogen and oxygen atoms in total. The summed E-state index contributed by atoms with van der Waals surface area (Å²) in [5.74, 6) is -0.0305. The summed E-state index contributed by atoms with van der Waals surface area (Å²) < 4.78 is 19.9. The van der Waals surface area contributed by atoms with E-state index in [-0.39, 0.29) is 12.3 Å². The first kappa shape index (κ1) is 17.7. The number of fused-ring (bicyclic) bond motifs is 1. The van der Waals surface area contributed by atoms with E-state index in [4.69, 9.17) is 4.74 Å². The lowest BCUT2D eigenvalue weighted by molar-refractivity contribution is -0.125. The van der Waals surface area contributed by atoms with Gasteiger partial charge in [-0.05, 0) is 30.3 Å². The van der Waals surface area contributed by atoms with Crippen LogP contribution in [-0.4, -0.2) is 28.7 Å². The van der Waals surface area contributed by atoms with Crippen LogP contribution in [0.5, 0.6) is 5.75 Å². The third-order valence-corrected chi connectivity index (χ3v) is 4.54. The second kappa shape index (κ2) is 7.15. The van der Waals surface area contributed by atoms with Gasteiger partial charge in [0, 0.05) is 16.8 Å². The van der Waals surface area contributed by atoms with Crippen LogP contribution in [-0.2, 0) is 9.59 Å². The minimum atomic E-state index is -0.822. The Morgan fingerprint density at radius 3 is 2.71 bits per heavy atom. The number of nitrogens with zero attached hydrogens (tertiary/aromatic N) is 2. The van der Waals surface area contributed by atoms with Crippen molar-refractivity contribution >= 4 is 23.3 Å². The Hall–Kier alpha value is -3.68. The number of aromatic nitrogens is 2. The number of para-hydroxylation sites is 1. The fourth-order valence-electron chi connectivity index (χ4n) is 3.20. The number of nitrogens with one attached hydrogen (secondary N) is 2. The molecule has 2 N–H and O–H groups in total. The summed E-state index contributed by atoms with van der Waals surface area (Å²) in [6.07, 6.45) is 1.55. The van der Waals surface area contributed by atoms with E-state index >= 15 is 0 Å². The molecule has 1 aliphatic heterocycles. The summed E-state index contributed by atoms with van der Waals surface area (Å²) in [6, 6.07) is 12.0. The lowest BCUT2D eigenvalue weighted by Gasteiger charge is -2.24. The third-order valence-electron chi connectivity index (χ3n) is 4.54. The van der Waals surface area contributed by atoms with E-state index in [0.717, 1.165) is 5.56 Å². The molecule has 0 bridgehead atoms. The Kier molecular flexibility index (Phi) is 4.52. The molecule has 0 radical (unpaired) electrons. The number of carbonyl (C=O) groups is 2. The maximum absolute atomic E-state index is 13.1. The molecule has 0 aliphatic carbocycles. The fourth-order valence-corrected chi connectivity index (χ4v) is 3.20. The van der Waals surface area contributed by atoms with E-state index in [1.54, 1.807) is 13.3 Å². The maximum atomic E-state index is 13.1. The molecule has 1 atom stereocenters. The van der Waals surface area contributed by atoms with Crippen LogP contribution in [0.4, 0.5) is 15.9 Å². The monoisotopic (exact) mass is 380 g/mol. The van der Waals surface area contributed by atoms with Gasteiger partial charge in [-0.1, -0.05) is 18.2 Å². The number of anilines is 2. The highest BCUT2D eigenvalue weighted by molar-refractivity contribution is 6.03. The van der Waals surface area contributed by atoms with E-state index < -0.39 is 17.8 Å². The number of hydrogen-bond acceptors (Lipinski definition) is 4. The van der Waals surface area contributed by atoms with Crippen molar-refractivity contribution in [3.05, 3.63) is 60.5 Å². The predicted octanol–water partition coefficient (Wildman–Crippen LogP) is 3.22. The van der Waals surface area contributed by atoms with Gasteiger partial charge in [-0.15, -0.1) is 0 Å². The number of benzene rings is 2. The Labute approximate surface area is 160 Å². The van der Waals surface area contributed by atoms with Crippen LogP contribution in [0.25, 0.3) is 11.1 Å². The normalized spacial score (nSPS) is 15.5. The molecular formula is C20H17FN4O3. The molecule has 0 saturated carbocycles. The van der Waals surface area contributed by atoms with Crippen LogP contribution >= 0.6 is 0 Å². The van der Waals surface area contributed by atoms with Crippen LogP contribution in [0.2, 0.25) is 0 Å². The molecule has 142 valence electrons. The number of methoxy groups -OCH3 is 1. The largest absolute Gasteiger partial charge is 0.496 e. The average Bonchev–Trinajstić information content (AvgIpc) is 3.12. The number of rotatable bonds is 4. The number of hydrogen-bond donors (Lipinski definition) is 2. The lowest BCUT2D eigenvalue weighted by Crippen LogP contribution is -2.35. The number of amides is 2. The third kappa shape index (κ3) is 3.20. The van der Waals surface area contributed by atoms with Crippen molar-refractivity contribution in [2.75, 3.05) is 17.7 Å². The maximum Gasteiger partial charge on any atom is 0.249 e. The van der Waals surface area contributed by atoms with E-state index in [1.165, 1.54) is 28.9 Å². The average molecular weight is 380 g/mol. The molecule has 3 aromatic rings. The van der Waals surface area contributed by atoms with Crippen LogP contribution < -0.4 is 15.4 Å². The highest BCUT2D eigenvalue weighted by atomic mass is 19.1. The zero-order valence-electron chi connectivity index (χ0n) is 15.0. The van der Waals surface area contributed by atoms with Gasteiger partial charge in [0.2, 0.25) is 11.8 Å². The zero-order valence-corrected chi connectivity index (χ0v) is 15.0. The van der Waals surface area contributed by atoms with Crippen LogP contribution in [0.15, 0.2) is 54.7 Å². The summed E-state index contributed by atoms with van der Waals surface area (Å²) in [5, 5.41) is 9.82. The highest BCUT2D eigenvalue weighted by Crippen LogP contribution is 2.38. The second-order valence-corrected chi connectivity index (χ2v) is 6.32. The highest BCUT2D eigenvalue weighted by Gasteiger charge is 2.33. The molecule has 0 saturated heterocycles. The number of halogens is 1. The molecule has 2 amide bonds. The standard InChI is InChI=1S/C20H17FN4O3/c1-28-17-5-3-2-4-14(17)15-11-22-25-16(10-18(26)24-19(15)25)20(27)23-13-8-6-12(21)7-9-13/h2-9,11,16H,10H2,1H3,(H,23,27)(H,24,26)/t16-/m0/s1. The second-order valence-electron chi connectivity index (χ2n) is 6.32. The quantitative estimate of drug-likeness (QED) is 0.728. The molecule has 0 unspecified atom stereocenters. The predicted molar refractivity (Wildman–Crippen MR) is 102 cm³/mol. The van der Waals surface area contributed by atoms with E-state index in [0.29, 0.717) is 22.8 Å². The zero-order chi connectivity index (χ0) is 19.7. The molecule has 28 heavy (non-hydrogen) atoms. The fraction of sp³-hybridized carbons (Fsp3) is 0.150. The molecule has 4 rings (SSSR count). The lowest BCUT2D eigenvalue weighted by atomic mass is 10.1. The molecule has 0 fully saturated rings. The van der Waals surface area contributed by atoms with Gasteiger partial charge >= 0.3 is 0 Å².